The first kappa shape index (κ1) is 62.7. The third kappa shape index (κ3) is 17.6. The van der Waals surface area contributed by atoms with Gasteiger partial charge in [0, 0.05) is 66.1 Å². The fourth-order valence-corrected chi connectivity index (χ4v) is 10.5. The SMILES string of the molecule is CCC(C)C(C(CC(=O)N1CCCC1C(OC)C(C)C(=O)NC(C)C(O)C1=CC=CC=CC1)OC)N(C)C(=O)[C@@H](NC(=O)C(C(C)C)N(C)C(=O)OCc1ccc(NC(=O)CCCCCN2CC=CC2=O)cc1)C(C)C. The van der Waals surface area contributed by atoms with Gasteiger partial charge in [-0.15, -0.1) is 0 Å². The number of unbranched alkanes of at least 4 members (excludes halogenated alkanes) is 2. The number of anilines is 1. The molecule has 422 valence electrons. The van der Waals surface area contributed by atoms with Gasteiger partial charge >= 0.3 is 6.09 Å². The van der Waals surface area contributed by atoms with Crippen molar-refractivity contribution in [3.63, 3.8) is 0 Å². The summed E-state index contributed by atoms with van der Waals surface area (Å²) in [5, 5.41) is 19.9. The molecule has 2 aliphatic heterocycles. The Balaban J connectivity index is 1.35. The highest BCUT2D eigenvalue weighted by atomic mass is 16.6. The number of rotatable bonds is 29. The Kier molecular flexibility index (Phi) is 25.4. The Morgan fingerprint density at radius 1 is 0.842 bits per heavy atom. The second-order valence-electron chi connectivity index (χ2n) is 21.4. The van der Waals surface area contributed by atoms with Crippen molar-refractivity contribution in [3.8, 4) is 0 Å². The highest BCUT2D eigenvalue weighted by molar-refractivity contribution is 5.92. The Morgan fingerprint density at radius 3 is 2.17 bits per heavy atom. The molecule has 2 heterocycles. The van der Waals surface area contributed by atoms with E-state index >= 15 is 0 Å². The highest BCUT2D eigenvalue weighted by Crippen LogP contribution is 2.30. The molecule has 1 aliphatic carbocycles. The molecule has 1 fully saturated rings. The summed E-state index contributed by atoms with van der Waals surface area (Å²) in [5.41, 5.74) is 2.07. The first-order valence-electron chi connectivity index (χ1n) is 27.3. The number of amides is 7. The van der Waals surface area contributed by atoms with Crippen molar-refractivity contribution in [2.24, 2.45) is 23.7 Å². The molecule has 7 amide bonds. The second-order valence-corrected chi connectivity index (χ2v) is 21.4. The van der Waals surface area contributed by atoms with Gasteiger partial charge in [0.15, 0.2) is 0 Å². The van der Waals surface area contributed by atoms with Gasteiger partial charge < -0.3 is 50.0 Å². The van der Waals surface area contributed by atoms with Crippen molar-refractivity contribution in [1.82, 2.24) is 30.2 Å². The van der Waals surface area contributed by atoms with Crippen LogP contribution < -0.4 is 16.0 Å². The lowest BCUT2D eigenvalue weighted by Gasteiger charge is -2.41. The smallest absolute Gasteiger partial charge is 0.410 e. The molecule has 1 aromatic carbocycles. The van der Waals surface area contributed by atoms with Gasteiger partial charge in [-0.25, -0.2) is 4.79 Å². The van der Waals surface area contributed by atoms with E-state index < -0.39 is 66.4 Å². The Hall–Kier alpha value is -5.85. The maximum absolute atomic E-state index is 14.7. The van der Waals surface area contributed by atoms with Gasteiger partial charge in [-0.05, 0) is 80.1 Å². The van der Waals surface area contributed by atoms with E-state index in [0.29, 0.717) is 69.4 Å². The van der Waals surface area contributed by atoms with Crippen LogP contribution >= 0.6 is 0 Å². The minimum absolute atomic E-state index is 0.0315. The van der Waals surface area contributed by atoms with E-state index in [1.165, 1.54) is 26.2 Å². The highest BCUT2D eigenvalue weighted by Gasteiger charge is 2.44. The number of allylic oxidation sites excluding steroid dienone is 5. The molecule has 18 heteroatoms. The monoisotopic (exact) mass is 1060 g/mol. The summed E-state index contributed by atoms with van der Waals surface area (Å²) in [6.45, 7) is 16.5. The molecule has 18 nitrogen and oxygen atoms in total. The predicted molar refractivity (Wildman–Crippen MR) is 293 cm³/mol. The zero-order valence-corrected chi connectivity index (χ0v) is 47.3. The van der Waals surface area contributed by atoms with E-state index in [0.717, 1.165) is 18.4 Å². The molecule has 4 rings (SSSR count). The summed E-state index contributed by atoms with van der Waals surface area (Å²) in [6.07, 6.45) is 15.1. The van der Waals surface area contributed by atoms with Crippen LogP contribution in [0.1, 0.15) is 119 Å². The molecule has 0 aromatic heterocycles. The molecule has 0 spiro atoms. The van der Waals surface area contributed by atoms with Crippen LogP contribution in [0.5, 0.6) is 0 Å². The summed E-state index contributed by atoms with van der Waals surface area (Å²) in [4.78, 5) is 101. The number of likely N-dealkylation sites (tertiary alicyclic amines) is 1. The Bertz CT molecular complexity index is 2230. The van der Waals surface area contributed by atoms with Crippen LogP contribution in [-0.2, 0) is 49.6 Å². The fraction of sp³-hybridized carbons (Fsp3) is 0.638. The number of likely N-dealkylation sites (N-methyl/N-ethyl adjacent to an activating group) is 2. The van der Waals surface area contributed by atoms with E-state index in [1.807, 2.05) is 78.0 Å². The van der Waals surface area contributed by atoms with Crippen molar-refractivity contribution in [1.29, 1.82) is 0 Å². The van der Waals surface area contributed by atoms with E-state index in [-0.39, 0.29) is 60.3 Å². The molecule has 3 aliphatic rings. The Labute approximate surface area is 452 Å². The summed E-state index contributed by atoms with van der Waals surface area (Å²) >= 11 is 0. The molecule has 0 bridgehead atoms. The number of nitrogens with zero attached hydrogens (tertiary/aromatic N) is 4. The van der Waals surface area contributed by atoms with Gasteiger partial charge in [0.2, 0.25) is 35.4 Å². The maximum atomic E-state index is 14.7. The third-order valence-corrected chi connectivity index (χ3v) is 15.2. The maximum Gasteiger partial charge on any atom is 0.410 e. The van der Waals surface area contributed by atoms with Crippen LogP contribution in [0, 0.1) is 23.7 Å². The third-order valence-electron chi connectivity index (χ3n) is 15.2. The second kappa shape index (κ2) is 30.8. The molecule has 1 saturated heterocycles. The van der Waals surface area contributed by atoms with Crippen molar-refractivity contribution in [2.45, 2.75) is 168 Å². The number of aliphatic hydroxyl groups is 1. The number of hydrogen-bond acceptors (Lipinski definition) is 11. The lowest BCUT2D eigenvalue weighted by molar-refractivity contribution is -0.148. The number of nitrogens with one attached hydrogen (secondary N) is 3. The quantitative estimate of drug-likeness (QED) is 0.0632. The standard InChI is InChI=1S/C58H89N7O11/c1-13-39(6)52(46(74-11)35-49(68)65-34-21-25-45(65)54(75-12)40(7)55(70)59-41(8)53(69)43-23-17-14-15-18-24-43)62(9)57(72)50(37(2)3)61-56(71)51(38(4)5)63(10)58(73)76-36-42-28-30-44(31-29-42)60-47(66)26-19-16-20-32-64-33-22-27-48(64)67/h14-15,17-18,22-23,27-31,37-41,45-46,50-54,69H,13,16,19-21,24-26,32-36H2,1-12H3,(H,59,70)(H,60,66)(H,61,71)/t39?,40?,41?,45?,46?,50-,51?,52?,53?,54?/m0/s1. The van der Waals surface area contributed by atoms with Crippen molar-refractivity contribution < 1.29 is 52.9 Å². The zero-order chi connectivity index (χ0) is 56.2. The molecular weight excluding hydrogens is 971 g/mol. The van der Waals surface area contributed by atoms with Gasteiger partial charge in [0.25, 0.3) is 0 Å². The van der Waals surface area contributed by atoms with Gasteiger partial charge in [0.05, 0.1) is 48.8 Å². The van der Waals surface area contributed by atoms with Gasteiger partial charge in [-0.2, -0.15) is 0 Å². The van der Waals surface area contributed by atoms with Crippen LogP contribution in [0.15, 0.2) is 72.4 Å². The van der Waals surface area contributed by atoms with Crippen LogP contribution in [0.2, 0.25) is 0 Å². The average molecular weight is 1060 g/mol. The largest absolute Gasteiger partial charge is 0.445 e. The van der Waals surface area contributed by atoms with E-state index in [9.17, 15) is 38.7 Å². The van der Waals surface area contributed by atoms with Gasteiger partial charge in [-0.1, -0.05) is 110 Å². The summed E-state index contributed by atoms with van der Waals surface area (Å²) in [7, 11) is 6.21. The normalized spacial score (nSPS) is 19.0. The molecule has 0 radical (unpaired) electrons. The predicted octanol–water partition coefficient (Wildman–Crippen LogP) is 6.55. The van der Waals surface area contributed by atoms with Crippen molar-refractivity contribution >= 4 is 47.2 Å². The van der Waals surface area contributed by atoms with Crippen LogP contribution in [0.25, 0.3) is 0 Å². The number of carbonyl (C=O) groups excluding carboxylic acids is 7. The number of carbonyl (C=O) groups is 7. The lowest BCUT2D eigenvalue weighted by atomic mass is 9.89. The van der Waals surface area contributed by atoms with Crippen molar-refractivity contribution in [2.75, 3.05) is 53.3 Å². The number of ether oxygens (including phenoxy) is 3. The molecule has 1 aromatic rings. The van der Waals surface area contributed by atoms with E-state index in [4.69, 9.17) is 14.2 Å². The number of benzene rings is 1. The molecule has 4 N–H and O–H groups in total. The summed E-state index contributed by atoms with van der Waals surface area (Å²) in [6, 6.07) is 3.42. The van der Waals surface area contributed by atoms with Crippen LogP contribution in [0.4, 0.5) is 10.5 Å². The first-order valence-corrected chi connectivity index (χ1v) is 27.3. The molecule has 9 unspecified atom stereocenters. The molecule has 10 atom stereocenters. The lowest BCUT2D eigenvalue weighted by Crippen LogP contribution is -2.60. The minimum Gasteiger partial charge on any atom is -0.445 e. The average Bonchev–Trinajstić information content (AvgIpc) is 3.96. The van der Waals surface area contributed by atoms with Gasteiger partial charge in [0.1, 0.15) is 18.7 Å². The van der Waals surface area contributed by atoms with Crippen LogP contribution in [0.3, 0.4) is 0 Å². The topological polar surface area (TPSA) is 216 Å². The Morgan fingerprint density at radius 2 is 1.55 bits per heavy atom. The molecule has 0 saturated carbocycles. The first-order chi connectivity index (χ1) is 36.1. The van der Waals surface area contributed by atoms with E-state index in [2.05, 4.69) is 16.0 Å². The van der Waals surface area contributed by atoms with Gasteiger partial charge in [-0.3, -0.25) is 33.7 Å². The number of methoxy groups -OCH3 is 2. The molecule has 76 heavy (non-hydrogen) atoms. The number of aliphatic hydroxyl groups excluding tert-OH is 1. The van der Waals surface area contributed by atoms with Crippen LogP contribution in [-0.4, -0.2) is 163 Å². The zero-order valence-electron chi connectivity index (χ0n) is 47.3. The minimum atomic E-state index is -0.995. The molecular formula is C58H89N7O11. The summed E-state index contributed by atoms with van der Waals surface area (Å²) < 4.78 is 17.7. The van der Waals surface area contributed by atoms with E-state index in [1.54, 1.807) is 65.9 Å². The number of hydrogen-bond donors (Lipinski definition) is 4. The fourth-order valence-electron chi connectivity index (χ4n) is 10.5. The summed E-state index contributed by atoms with van der Waals surface area (Å²) in [5.74, 6) is -2.99. The van der Waals surface area contributed by atoms with Crippen molar-refractivity contribution in [3.05, 3.63) is 77.9 Å².